The molecule has 2 nitrogen and oxygen atoms in total. The minimum atomic E-state index is 0.122. The fraction of sp³-hybridized carbons (Fsp3) is 0.933. The van der Waals surface area contributed by atoms with Crippen molar-refractivity contribution in [3.8, 4) is 0 Å². The number of rotatable bonds is 1. The average molecular weight is 239 g/mol. The molecule has 1 aliphatic rings. The Kier molecular flexibility index (Phi) is 3.95. The summed E-state index contributed by atoms with van der Waals surface area (Å²) >= 11 is 0. The molecule has 0 bridgehead atoms. The minimum absolute atomic E-state index is 0.122. The van der Waals surface area contributed by atoms with Crippen LogP contribution >= 0.6 is 0 Å². The van der Waals surface area contributed by atoms with Crippen LogP contribution in [0.15, 0.2) is 0 Å². The van der Waals surface area contributed by atoms with E-state index < -0.39 is 0 Å². The Morgan fingerprint density at radius 2 is 1.82 bits per heavy atom. The van der Waals surface area contributed by atoms with Crippen molar-refractivity contribution in [1.82, 2.24) is 4.90 Å². The number of carbonyl (C=O) groups excluding carboxylic acids is 1. The lowest BCUT2D eigenvalue weighted by Gasteiger charge is -2.50. The zero-order valence-corrected chi connectivity index (χ0v) is 12.6. The SMILES string of the molecule is CC(C)C(=O)N1CCC(C(C)(C)C)C(C)(C)C1. The summed E-state index contributed by atoms with van der Waals surface area (Å²) in [6.45, 7) is 17.4. The number of piperidine rings is 1. The van der Waals surface area contributed by atoms with Crippen molar-refractivity contribution in [2.45, 2.75) is 54.9 Å². The number of likely N-dealkylation sites (tertiary alicyclic amines) is 1. The van der Waals surface area contributed by atoms with Crippen molar-refractivity contribution in [3.05, 3.63) is 0 Å². The van der Waals surface area contributed by atoms with Crippen molar-refractivity contribution < 1.29 is 4.79 Å². The van der Waals surface area contributed by atoms with E-state index in [1.807, 2.05) is 13.8 Å². The van der Waals surface area contributed by atoms with Crippen LogP contribution < -0.4 is 0 Å². The molecule has 2 heteroatoms. The van der Waals surface area contributed by atoms with Gasteiger partial charge in [-0.25, -0.2) is 0 Å². The first kappa shape index (κ1) is 14.5. The highest BCUT2D eigenvalue weighted by Gasteiger charge is 2.43. The number of hydrogen-bond acceptors (Lipinski definition) is 1. The standard InChI is InChI=1S/C15H29NO/c1-11(2)13(17)16-9-8-12(14(3,4)5)15(6,7)10-16/h11-12H,8-10H2,1-7H3. The molecule has 0 N–H and O–H groups in total. The molecule has 1 fully saturated rings. The first-order valence-electron chi connectivity index (χ1n) is 6.84. The topological polar surface area (TPSA) is 20.3 Å². The molecule has 0 saturated carbocycles. The smallest absolute Gasteiger partial charge is 0.225 e. The van der Waals surface area contributed by atoms with Gasteiger partial charge in [-0.3, -0.25) is 4.79 Å². The van der Waals surface area contributed by atoms with Gasteiger partial charge in [-0.2, -0.15) is 0 Å². The van der Waals surface area contributed by atoms with Crippen LogP contribution in [0.1, 0.15) is 54.9 Å². The third-order valence-electron chi connectivity index (χ3n) is 4.08. The fourth-order valence-corrected chi connectivity index (χ4v) is 3.52. The summed E-state index contributed by atoms with van der Waals surface area (Å²) in [5, 5.41) is 0. The molecule has 1 unspecified atom stereocenters. The van der Waals surface area contributed by atoms with Gasteiger partial charge in [0.15, 0.2) is 0 Å². The maximum atomic E-state index is 12.1. The van der Waals surface area contributed by atoms with Crippen LogP contribution in [0.4, 0.5) is 0 Å². The van der Waals surface area contributed by atoms with Crippen molar-refractivity contribution >= 4 is 5.91 Å². The van der Waals surface area contributed by atoms with E-state index in [1.54, 1.807) is 0 Å². The maximum Gasteiger partial charge on any atom is 0.225 e. The number of hydrogen-bond donors (Lipinski definition) is 0. The molecule has 0 radical (unpaired) electrons. The van der Waals surface area contributed by atoms with Crippen LogP contribution in [0.5, 0.6) is 0 Å². The Hall–Kier alpha value is -0.530. The van der Waals surface area contributed by atoms with Gasteiger partial charge >= 0.3 is 0 Å². The first-order chi connectivity index (χ1) is 7.55. The molecule has 1 heterocycles. The number of carbonyl (C=O) groups is 1. The summed E-state index contributed by atoms with van der Waals surface area (Å²) in [6, 6.07) is 0. The molecule has 100 valence electrons. The van der Waals surface area contributed by atoms with Gasteiger partial charge in [0.2, 0.25) is 5.91 Å². The van der Waals surface area contributed by atoms with Crippen LogP contribution in [0.3, 0.4) is 0 Å². The molecule has 1 atom stereocenters. The molecule has 0 aromatic rings. The van der Waals surface area contributed by atoms with Gasteiger partial charge in [-0.15, -0.1) is 0 Å². The Morgan fingerprint density at radius 1 is 1.29 bits per heavy atom. The van der Waals surface area contributed by atoms with Gasteiger partial charge < -0.3 is 4.90 Å². The summed E-state index contributed by atoms with van der Waals surface area (Å²) in [6.07, 6.45) is 1.13. The normalized spacial score (nSPS) is 25.2. The van der Waals surface area contributed by atoms with E-state index in [0.29, 0.717) is 17.2 Å². The van der Waals surface area contributed by atoms with Crippen molar-refractivity contribution in [3.63, 3.8) is 0 Å². The zero-order chi connectivity index (χ0) is 13.4. The summed E-state index contributed by atoms with van der Waals surface area (Å²) in [5.74, 6) is 1.12. The second-order valence-electron chi connectivity index (χ2n) is 7.61. The van der Waals surface area contributed by atoms with E-state index in [9.17, 15) is 4.79 Å². The molecule has 0 aliphatic carbocycles. The molecule has 1 saturated heterocycles. The number of nitrogens with zero attached hydrogens (tertiary/aromatic N) is 1. The van der Waals surface area contributed by atoms with Crippen LogP contribution in [-0.2, 0) is 4.79 Å². The summed E-state index contributed by atoms with van der Waals surface area (Å²) in [5.41, 5.74) is 0.553. The third-order valence-corrected chi connectivity index (χ3v) is 4.08. The molecule has 1 rings (SSSR count). The van der Waals surface area contributed by atoms with Gasteiger partial charge in [0.25, 0.3) is 0 Å². The molecule has 0 aromatic carbocycles. The lowest BCUT2D eigenvalue weighted by Crippen LogP contribution is -2.52. The molecule has 1 aliphatic heterocycles. The van der Waals surface area contributed by atoms with E-state index in [1.165, 1.54) is 0 Å². The van der Waals surface area contributed by atoms with Gasteiger partial charge in [0.1, 0.15) is 0 Å². The Balaban J connectivity index is 2.79. The zero-order valence-electron chi connectivity index (χ0n) is 12.6. The Morgan fingerprint density at radius 3 is 2.18 bits per heavy atom. The number of amides is 1. The van der Waals surface area contributed by atoms with E-state index >= 15 is 0 Å². The van der Waals surface area contributed by atoms with Crippen LogP contribution in [0.25, 0.3) is 0 Å². The predicted octanol–water partition coefficient (Wildman–Crippen LogP) is 3.56. The van der Waals surface area contributed by atoms with E-state index in [4.69, 9.17) is 0 Å². The second kappa shape index (κ2) is 4.62. The first-order valence-corrected chi connectivity index (χ1v) is 6.84. The van der Waals surface area contributed by atoms with Gasteiger partial charge in [0, 0.05) is 19.0 Å². The average Bonchev–Trinajstić information content (AvgIpc) is 2.12. The monoisotopic (exact) mass is 239 g/mol. The van der Waals surface area contributed by atoms with Crippen LogP contribution in [0.2, 0.25) is 0 Å². The Bertz CT molecular complexity index is 286. The van der Waals surface area contributed by atoms with Gasteiger partial charge in [0.05, 0.1) is 0 Å². The fourth-order valence-electron chi connectivity index (χ4n) is 3.52. The molecule has 17 heavy (non-hydrogen) atoms. The van der Waals surface area contributed by atoms with E-state index in [0.717, 1.165) is 19.5 Å². The highest BCUT2D eigenvalue weighted by molar-refractivity contribution is 5.78. The maximum absolute atomic E-state index is 12.1. The second-order valence-corrected chi connectivity index (χ2v) is 7.61. The van der Waals surface area contributed by atoms with Gasteiger partial charge in [-0.1, -0.05) is 48.5 Å². The van der Waals surface area contributed by atoms with Gasteiger partial charge in [-0.05, 0) is 23.2 Å². The van der Waals surface area contributed by atoms with E-state index in [-0.39, 0.29) is 11.3 Å². The summed E-state index contributed by atoms with van der Waals surface area (Å²) in [7, 11) is 0. The molecule has 0 spiro atoms. The van der Waals surface area contributed by atoms with Crippen molar-refractivity contribution in [1.29, 1.82) is 0 Å². The third kappa shape index (κ3) is 3.23. The highest BCUT2D eigenvalue weighted by atomic mass is 16.2. The minimum Gasteiger partial charge on any atom is -0.342 e. The van der Waals surface area contributed by atoms with Crippen LogP contribution in [-0.4, -0.2) is 23.9 Å². The Labute approximate surface area is 107 Å². The molecule has 1 amide bonds. The largest absolute Gasteiger partial charge is 0.342 e. The lowest BCUT2D eigenvalue weighted by molar-refractivity contribution is -0.140. The highest BCUT2D eigenvalue weighted by Crippen LogP contribution is 2.45. The predicted molar refractivity (Wildman–Crippen MR) is 72.8 cm³/mol. The van der Waals surface area contributed by atoms with Crippen molar-refractivity contribution in [2.24, 2.45) is 22.7 Å². The molecular weight excluding hydrogens is 210 g/mol. The quantitative estimate of drug-likeness (QED) is 0.685. The summed E-state index contributed by atoms with van der Waals surface area (Å²) < 4.78 is 0. The van der Waals surface area contributed by atoms with Crippen molar-refractivity contribution in [2.75, 3.05) is 13.1 Å². The lowest BCUT2D eigenvalue weighted by atomic mass is 9.62. The summed E-state index contributed by atoms with van der Waals surface area (Å²) in [4.78, 5) is 14.1. The molecular formula is C15H29NO. The molecule has 0 aromatic heterocycles. The van der Waals surface area contributed by atoms with E-state index in [2.05, 4.69) is 39.5 Å². The van der Waals surface area contributed by atoms with Crippen LogP contribution in [0, 0.1) is 22.7 Å².